The van der Waals surface area contributed by atoms with E-state index >= 15 is 0 Å². The van der Waals surface area contributed by atoms with Gasteiger partial charge in [0.25, 0.3) is 5.91 Å². The van der Waals surface area contributed by atoms with Crippen LogP contribution < -0.4 is 10.1 Å². The van der Waals surface area contributed by atoms with E-state index in [1.807, 2.05) is 25.1 Å². The van der Waals surface area contributed by atoms with E-state index in [2.05, 4.69) is 36.3 Å². The van der Waals surface area contributed by atoms with E-state index in [1.165, 1.54) is 0 Å². The molecule has 1 aromatic carbocycles. The summed E-state index contributed by atoms with van der Waals surface area (Å²) in [4.78, 5) is 16.3. The Kier molecular flexibility index (Phi) is 5.74. The van der Waals surface area contributed by atoms with Crippen molar-refractivity contribution in [1.82, 2.24) is 10.3 Å². The third-order valence-corrected chi connectivity index (χ3v) is 3.65. The van der Waals surface area contributed by atoms with Gasteiger partial charge in [-0.2, -0.15) is 0 Å². The quantitative estimate of drug-likeness (QED) is 0.886. The van der Waals surface area contributed by atoms with Crippen LogP contribution in [-0.4, -0.2) is 17.0 Å². The Balaban J connectivity index is 1.99. The van der Waals surface area contributed by atoms with Crippen molar-refractivity contribution in [3.63, 3.8) is 0 Å². The first-order valence-corrected chi connectivity index (χ1v) is 7.91. The molecule has 1 atom stereocenters. The van der Waals surface area contributed by atoms with Crippen LogP contribution in [0.2, 0.25) is 0 Å². The summed E-state index contributed by atoms with van der Waals surface area (Å²) in [5.74, 6) is 0.991. The smallest absolute Gasteiger partial charge is 0.261 e. The van der Waals surface area contributed by atoms with Gasteiger partial charge in [-0.1, -0.05) is 32.0 Å². The van der Waals surface area contributed by atoms with Gasteiger partial charge >= 0.3 is 0 Å². The summed E-state index contributed by atoms with van der Waals surface area (Å²) in [5, 5.41) is 2.88. The molecule has 2 aromatic rings. The van der Waals surface area contributed by atoms with E-state index in [-0.39, 0.29) is 5.91 Å². The van der Waals surface area contributed by atoms with Crippen molar-refractivity contribution in [3.8, 4) is 5.75 Å². The lowest BCUT2D eigenvalue weighted by Gasteiger charge is -2.19. The van der Waals surface area contributed by atoms with Crippen LogP contribution in [0.15, 0.2) is 42.7 Å². The number of aryl methyl sites for hydroxylation is 1. The number of nitrogens with zero attached hydrogens (tertiary/aromatic N) is 1. The number of aromatic nitrogens is 1. The minimum absolute atomic E-state index is 0.134. The number of nitrogens with one attached hydrogen (secondary N) is 1. The molecule has 0 saturated heterocycles. The zero-order valence-electron chi connectivity index (χ0n) is 14.2. The van der Waals surface area contributed by atoms with Crippen LogP contribution in [0.5, 0.6) is 5.75 Å². The summed E-state index contributed by atoms with van der Waals surface area (Å²) in [6, 6.07) is 9.89. The van der Waals surface area contributed by atoms with E-state index in [4.69, 9.17) is 4.74 Å². The molecule has 1 aromatic heterocycles. The maximum atomic E-state index is 12.2. The average Bonchev–Trinajstić information content (AvgIpc) is 2.53. The van der Waals surface area contributed by atoms with Crippen LogP contribution in [0.1, 0.15) is 43.4 Å². The average molecular weight is 312 g/mol. The molecule has 23 heavy (non-hydrogen) atoms. The number of carbonyl (C=O) groups excluding carboxylic acids is 1. The topological polar surface area (TPSA) is 51.2 Å². The van der Waals surface area contributed by atoms with E-state index in [1.54, 1.807) is 19.3 Å². The predicted molar refractivity (Wildman–Crippen MR) is 91.4 cm³/mol. The van der Waals surface area contributed by atoms with Crippen molar-refractivity contribution in [1.29, 1.82) is 0 Å². The first kappa shape index (κ1) is 17.0. The fourth-order valence-corrected chi connectivity index (χ4v) is 2.30. The van der Waals surface area contributed by atoms with Crippen molar-refractivity contribution >= 4 is 5.91 Å². The molecule has 0 spiro atoms. The summed E-state index contributed by atoms with van der Waals surface area (Å²) in [7, 11) is 0. The third kappa shape index (κ3) is 4.81. The van der Waals surface area contributed by atoms with Gasteiger partial charge in [-0.3, -0.25) is 9.78 Å². The molecule has 122 valence electrons. The molecule has 0 aliphatic rings. The number of carbonyl (C=O) groups is 1. The second kappa shape index (κ2) is 7.77. The number of rotatable bonds is 6. The summed E-state index contributed by atoms with van der Waals surface area (Å²) in [6.45, 7) is 8.47. The fraction of sp³-hybridized carbons (Fsp3) is 0.368. The van der Waals surface area contributed by atoms with Gasteiger partial charge in [0, 0.05) is 18.9 Å². The van der Waals surface area contributed by atoms with Crippen LogP contribution in [0.4, 0.5) is 0 Å². The Bertz CT molecular complexity index is 654. The molecule has 2 rings (SSSR count). The molecule has 0 saturated carbocycles. The molecule has 4 heteroatoms. The van der Waals surface area contributed by atoms with Gasteiger partial charge in [-0.05, 0) is 48.6 Å². The van der Waals surface area contributed by atoms with Gasteiger partial charge in [0.05, 0.1) is 0 Å². The van der Waals surface area contributed by atoms with E-state index < -0.39 is 6.10 Å². The van der Waals surface area contributed by atoms with Crippen LogP contribution in [0.3, 0.4) is 0 Å². The van der Waals surface area contributed by atoms with Crippen molar-refractivity contribution in [2.24, 2.45) is 0 Å². The normalized spacial score (nSPS) is 12.0. The van der Waals surface area contributed by atoms with E-state index in [0.717, 1.165) is 22.4 Å². The second-order valence-corrected chi connectivity index (χ2v) is 6.04. The van der Waals surface area contributed by atoms with Gasteiger partial charge in [0.15, 0.2) is 6.10 Å². The molecule has 0 aliphatic heterocycles. The largest absolute Gasteiger partial charge is 0.481 e. The molecular weight excluding hydrogens is 288 g/mol. The molecule has 0 radical (unpaired) electrons. The molecular formula is C19H24N2O2. The Labute approximate surface area is 137 Å². The first-order valence-electron chi connectivity index (χ1n) is 7.91. The highest BCUT2D eigenvalue weighted by Gasteiger charge is 2.17. The molecule has 0 fully saturated rings. The number of hydrogen-bond donors (Lipinski definition) is 1. The Morgan fingerprint density at radius 3 is 2.70 bits per heavy atom. The van der Waals surface area contributed by atoms with E-state index in [0.29, 0.717) is 12.5 Å². The van der Waals surface area contributed by atoms with Gasteiger partial charge in [-0.15, -0.1) is 0 Å². The van der Waals surface area contributed by atoms with Gasteiger partial charge < -0.3 is 10.1 Å². The number of amides is 1. The summed E-state index contributed by atoms with van der Waals surface area (Å²) >= 11 is 0. The minimum Gasteiger partial charge on any atom is -0.481 e. The molecule has 1 heterocycles. The van der Waals surface area contributed by atoms with Crippen molar-refractivity contribution in [3.05, 3.63) is 59.4 Å². The van der Waals surface area contributed by atoms with Gasteiger partial charge in [0.2, 0.25) is 0 Å². The van der Waals surface area contributed by atoms with Gasteiger partial charge in [-0.25, -0.2) is 0 Å². The highest BCUT2D eigenvalue weighted by atomic mass is 16.5. The van der Waals surface area contributed by atoms with Crippen molar-refractivity contribution in [2.75, 3.05) is 0 Å². The molecule has 1 amide bonds. The van der Waals surface area contributed by atoms with Crippen LogP contribution in [-0.2, 0) is 11.3 Å². The maximum Gasteiger partial charge on any atom is 0.261 e. The third-order valence-electron chi connectivity index (χ3n) is 3.65. The minimum atomic E-state index is -0.550. The highest BCUT2D eigenvalue weighted by molar-refractivity contribution is 5.80. The Morgan fingerprint density at radius 2 is 2.04 bits per heavy atom. The molecule has 4 nitrogen and oxygen atoms in total. The molecule has 0 aliphatic carbocycles. The van der Waals surface area contributed by atoms with Crippen LogP contribution in [0, 0.1) is 6.92 Å². The fourth-order valence-electron chi connectivity index (χ4n) is 2.30. The maximum absolute atomic E-state index is 12.2. The summed E-state index contributed by atoms with van der Waals surface area (Å²) < 4.78 is 5.91. The zero-order valence-corrected chi connectivity index (χ0v) is 14.2. The summed E-state index contributed by atoms with van der Waals surface area (Å²) in [5.41, 5.74) is 3.20. The Morgan fingerprint density at radius 1 is 1.26 bits per heavy atom. The first-order chi connectivity index (χ1) is 11.0. The zero-order chi connectivity index (χ0) is 16.8. The van der Waals surface area contributed by atoms with Gasteiger partial charge in [0.1, 0.15) is 5.75 Å². The highest BCUT2D eigenvalue weighted by Crippen LogP contribution is 2.28. The molecule has 0 bridgehead atoms. The van der Waals surface area contributed by atoms with Crippen LogP contribution in [0.25, 0.3) is 0 Å². The second-order valence-electron chi connectivity index (χ2n) is 6.04. The number of benzene rings is 1. The lowest BCUT2D eigenvalue weighted by Crippen LogP contribution is -2.36. The number of ether oxygens (including phenoxy) is 1. The SMILES string of the molecule is Cc1ccc(C(C)C)c(O[C@@H](C)C(=O)NCc2cccnc2)c1. The lowest BCUT2D eigenvalue weighted by molar-refractivity contribution is -0.127. The lowest BCUT2D eigenvalue weighted by atomic mass is 10.0. The monoisotopic (exact) mass is 312 g/mol. The molecule has 0 unspecified atom stereocenters. The predicted octanol–water partition coefficient (Wildman–Crippen LogP) is 3.60. The van der Waals surface area contributed by atoms with E-state index in [9.17, 15) is 4.79 Å². The van der Waals surface area contributed by atoms with Crippen molar-refractivity contribution in [2.45, 2.75) is 46.3 Å². The number of hydrogen-bond acceptors (Lipinski definition) is 3. The van der Waals surface area contributed by atoms with Crippen LogP contribution >= 0.6 is 0 Å². The Hall–Kier alpha value is -2.36. The number of pyridine rings is 1. The standard InChI is InChI=1S/C19H24N2O2/c1-13(2)17-8-7-14(3)10-18(17)23-15(4)19(22)21-12-16-6-5-9-20-11-16/h5-11,13,15H,12H2,1-4H3,(H,21,22)/t15-/m0/s1. The van der Waals surface area contributed by atoms with Crippen molar-refractivity contribution < 1.29 is 9.53 Å². The summed E-state index contributed by atoms with van der Waals surface area (Å²) in [6.07, 6.45) is 2.90. The molecule has 1 N–H and O–H groups in total.